The highest BCUT2D eigenvalue weighted by Gasteiger charge is 2.52. The predicted molar refractivity (Wildman–Crippen MR) is 42.0 cm³/mol. The summed E-state index contributed by atoms with van der Waals surface area (Å²) in [6.45, 7) is 4.26. The summed E-state index contributed by atoms with van der Waals surface area (Å²) < 4.78 is 5.50. The number of aliphatic hydroxyl groups is 1. The predicted octanol–water partition coefficient (Wildman–Crippen LogP) is 1.53. The SMILES string of the molecule is CC1CC(C)C2CC[C@@]2(O)O1. The lowest BCUT2D eigenvalue weighted by molar-refractivity contribution is -0.335. The van der Waals surface area contributed by atoms with Crippen LogP contribution in [0.2, 0.25) is 0 Å². The quantitative estimate of drug-likeness (QED) is 0.576. The normalized spacial score (nSPS) is 56.5. The zero-order chi connectivity index (χ0) is 8.06. The first-order valence-electron chi connectivity index (χ1n) is 4.52. The van der Waals surface area contributed by atoms with Crippen LogP contribution in [0, 0.1) is 11.8 Å². The maximum Gasteiger partial charge on any atom is 0.168 e. The molecule has 1 saturated heterocycles. The van der Waals surface area contributed by atoms with Gasteiger partial charge in [0.25, 0.3) is 0 Å². The van der Waals surface area contributed by atoms with Crippen LogP contribution < -0.4 is 0 Å². The first kappa shape index (κ1) is 7.56. The van der Waals surface area contributed by atoms with Crippen molar-refractivity contribution in [3.05, 3.63) is 0 Å². The van der Waals surface area contributed by atoms with Crippen molar-refractivity contribution in [2.45, 2.75) is 45.0 Å². The molecule has 11 heavy (non-hydrogen) atoms. The summed E-state index contributed by atoms with van der Waals surface area (Å²) in [6.07, 6.45) is 3.33. The van der Waals surface area contributed by atoms with Crippen LogP contribution in [0.4, 0.5) is 0 Å². The fraction of sp³-hybridized carbons (Fsp3) is 1.00. The molecule has 0 aromatic carbocycles. The molecule has 0 spiro atoms. The molecule has 1 heterocycles. The van der Waals surface area contributed by atoms with Crippen molar-refractivity contribution in [2.75, 3.05) is 0 Å². The van der Waals surface area contributed by atoms with Gasteiger partial charge in [-0.3, -0.25) is 0 Å². The van der Waals surface area contributed by atoms with Gasteiger partial charge in [0.05, 0.1) is 6.10 Å². The Morgan fingerprint density at radius 2 is 2.18 bits per heavy atom. The van der Waals surface area contributed by atoms with Gasteiger partial charge >= 0.3 is 0 Å². The van der Waals surface area contributed by atoms with Crippen LogP contribution in [-0.4, -0.2) is 17.0 Å². The van der Waals surface area contributed by atoms with Crippen LogP contribution in [0.15, 0.2) is 0 Å². The molecular formula is C9H16O2. The number of ether oxygens (including phenoxy) is 1. The third kappa shape index (κ3) is 1.00. The fourth-order valence-corrected chi connectivity index (χ4v) is 2.52. The molecule has 1 aliphatic carbocycles. The van der Waals surface area contributed by atoms with Gasteiger partial charge < -0.3 is 9.84 Å². The molecule has 3 unspecified atom stereocenters. The molecule has 2 aliphatic rings. The van der Waals surface area contributed by atoms with Crippen molar-refractivity contribution >= 4 is 0 Å². The van der Waals surface area contributed by atoms with E-state index in [0.717, 1.165) is 19.3 Å². The van der Waals surface area contributed by atoms with Crippen LogP contribution >= 0.6 is 0 Å². The second-order valence-corrected chi connectivity index (χ2v) is 4.13. The number of fused-ring (bicyclic) bond motifs is 1. The summed E-state index contributed by atoms with van der Waals surface area (Å²) in [6, 6.07) is 0. The van der Waals surface area contributed by atoms with Gasteiger partial charge in [0.1, 0.15) is 0 Å². The molecule has 4 atom stereocenters. The van der Waals surface area contributed by atoms with Crippen LogP contribution in [0.5, 0.6) is 0 Å². The minimum Gasteiger partial charge on any atom is -0.365 e. The molecule has 1 saturated carbocycles. The molecule has 2 heteroatoms. The highest BCUT2D eigenvalue weighted by Crippen LogP contribution is 2.49. The van der Waals surface area contributed by atoms with Gasteiger partial charge in [-0.05, 0) is 25.7 Å². The third-order valence-electron chi connectivity index (χ3n) is 3.19. The van der Waals surface area contributed by atoms with E-state index >= 15 is 0 Å². The maximum absolute atomic E-state index is 9.85. The van der Waals surface area contributed by atoms with E-state index in [2.05, 4.69) is 6.92 Å². The van der Waals surface area contributed by atoms with E-state index < -0.39 is 5.79 Å². The smallest absolute Gasteiger partial charge is 0.168 e. The molecule has 1 N–H and O–H groups in total. The van der Waals surface area contributed by atoms with Gasteiger partial charge in [-0.15, -0.1) is 0 Å². The Bertz CT molecular complexity index is 169. The minimum atomic E-state index is -0.739. The third-order valence-corrected chi connectivity index (χ3v) is 3.19. The van der Waals surface area contributed by atoms with Crippen molar-refractivity contribution in [1.82, 2.24) is 0 Å². The largest absolute Gasteiger partial charge is 0.365 e. The minimum absolute atomic E-state index is 0.242. The summed E-state index contributed by atoms with van der Waals surface area (Å²) in [7, 11) is 0. The molecule has 2 fully saturated rings. The van der Waals surface area contributed by atoms with E-state index in [4.69, 9.17) is 4.74 Å². The Morgan fingerprint density at radius 3 is 2.64 bits per heavy atom. The average molecular weight is 156 g/mol. The Labute approximate surface area is 67.6 Å². The second kappa shape index (κ2) is 2.20. The van der Waals surface area contributed by atoms with Gasteiger partial charge in [0.2, 0.25) is 0 Å². The van der Waals surface area contributed by atoms with Crippen LogP contribution in [0.3, 0.4) is 0 Å². The molecule has 0 radical (unpaired) electrons. The van der Waals surface area contributed by atoms with Gasteiger partial charge in [-0.1, -0.05) is 6.92 Å². The lowest BCUT2D eigenvalue weighted by atomic mass is 9.67. The van der Waals surface area contributed by atoms with E-state index in [1.165, 1.54) is 0 Å². The Kier molecular flexibility index (Phi) is 1.52. The molecule has 2 rings (SSSR count). The molecular weight excluding hydrogens is 140 g/mol. The lowest BCUT2D eigenvalue weighted by Crippen LogP contribution is -2.57. The molecule has 0 aromatic heterocycles. The molecule has 64 valence electrons. The molecule has 0 bridgehead atoms. The Morgan fingerprint density at radius 1 is 1.45 bits per heavy atom. The molecule has 1 aliphatic heterocycles. The number of hydrogen-bond donors (Lipinski definition) is 1. The zero-order valence-corrected chi connectivity index (χ0v) is 7.21. The van der Waals surface area contributed by atoms with Gasteiger partial charge in [-0.2, -0.15) is 0 Å². The highest BCUT2D eigenvalue weighted by atomic mass is 16.6. The summed E-state index contributed by atoms with van der Waals surface area (Å²) in [4.78, 5) is 0. The van der Waals surface area contributed by atoms with Crippen LogP contribution in [0.25, 0.3) is 0 Å². The van der Waals surface area contributed by atoms with Gasteiger partial charge in [-0.25, -0.2) is 0 Å². The Hall–Kier alpha value is -0.0800. The van der Waals surface area contributed by atoms with Crippen LogP contribution in [0.1, 0.15) is 33.1 Å². The fourth-order valence-electron chi connectivity index (χ4n) is 2.52. The molecule has 0 aromatic rings. The van der Waals surface area contributed by atoms with Crippen molar-refractivity contribution in [3.63, 3.8) is 0 Å². The van der Waals surface area contributed by atoms with Crippen molar-refractivity contribution < 1.29 is 9.84 Å². The second-order valence-electron chi connectivity index (χ2n) is 4.13. The van der Waals surface area contributed by atoms with Crippen molar-refractivity contribution in [3.8, 4) is 0 Å². The number of hydrogen-bond acceptors (Lipinski definition) is 2. The van der Waals surface area contributed by atoms with E-state index in [-0.39, 0.29) is 6.10 Å². The van der Waals surface area contributed by atoms with Crippen LogP contribution in [-0.2, 0) is 4.74 Å². The van der Waals surface area contributed by atoms with E-state index in [1.54, 1.807) is 0 Å². The highest BCUT2D eigenvalue weighted by molar-refractivity contribution is 4.95. The Balaban J connectivity index is 2.11. The summed E-state index contributed by atoms with van der Waals surface area (Å²) in [5.74, 6) is 0.313. The summed E-state index contributed by atoms with van der Waals surface area (Å²) in [5, 5.41) is 9.85. The first-order valence-corrected chi connectivity index (χ1v) is 4.52. The van der Waals surface area contributed by atoms with E-state index in [0.29, 0.717) is 11.8 Å². The van der Waals surface area contributed by atoms with Gasteiger partial charge in [0, 0.05) is 12.3 Å². The van der Waals surface area contributed by atoms with Gasteiger partial charge in [0.15, 0.2) is 5.79 Å². The average Bonchev–Trinajstić information content (AvgIpc) is 1.81. The summed E-state index contributed by atoms with van der Waals surface area (Å²) >= 11 is 0. The lowest BCUT2D eigenvalue weighted by Gasteiger charge is -2.53. The van der Waals surface area contributed by atoms with Crippen molar-refractivity contribution in [2.24, 2.45) is 11.8 Å². The topological polar surface area (TPSA) is 29.5 Å². The standard InChI is InChI=1S/C9H16O2/c1-6-5-7(2)11-9(10)4-3-8(6)9/h6-8,10H,3-5H2,1-2H3/t6?,7?,8?,9-/m1/s1. The zero-order valence-electron chi connectivity index (χ0n) is 7.21. The van der Waals surface area contributed by atoms with Crippen molar-refractivity contribution in [1.29, 1.82) is 0 Å². The maximum atomic E-state index is 9.85. The van der Waals surface area contributed by atoms with E-state index in [9.17, 15) is 5.11 Å². The monoisotopic (exact) mass is 156 g/mol. The molecule has 2 nitrogen and oxygen atoms in total. The van der Waals surface area contributed by atoms with E-state index in [1.807, 2.05) is 6.92 Å². The number of rotatable bonds is 0. The molecule has 0 amide bonds. The summed E-state index contributed by atoms with van der Waals surface area (Å²) in [5.41, 5.74) is 0. The first-order chi connectivity index (χ1) is 5.12.